The van der Waals surface area contributed by atoms with Gasteiger partial charge in [-0.2, -0.15) is 0 Å². The molecule has 0 bridgehead atoms. The first-order chi connectivity index (χ1) is 8.79. The van der Waals surface area contributed by atoms with Gasteiger partial charge in [0.2, 0.25) is 0 Å². The molecule has 2 aliphatic heterocycles. The molecule has 1 saturated heterocycles. The normalized spacial score (nSPS) is 27.0. The molecule has 3 nitrogen and oxygen atoms in total. The first kappa shape index (κ1) is 11.8. The predicted octanol–water partition coefficient (Wildman–Crippen LogP) is 2.66. The Kier molecular flexibility index (Phi) is 3.16. The van der Waals surface area contributed by atoms with Crippen molar-refractivity contribution in [3.63, 3.8) is 0 Å². The molecule has 0 radical (unpaired) electrons. The highest BCUT2D eigenvalue weighted by molar-refractivity contribution is 5.49. The number of methoxy groups -OCH3 is 1. The van der Waals surface area contributed by atoms with Crippen LogP contribution in [0.3, 0.4) is 0 Å². The Morgan fingerprint density at radius 1 is 1.44 bits per heavy atom. The minimum atomic E-state index is 0.488. The van der Waals surface area contributed by atoms with Crippen LogP contribution < -0.4 is 9.47 Å². The van der Waals surface area contributed by atoms with Crippen LogP contribution in [0.5, 0.6) is 11.5 Å². The van der Waals surface area contributed by atoms with Crippen LogP contribution >= 0.6 is 0 Å². The average Bonchev–Trinajstić information content (AvgIpc) is 2.97. The van der Waals surface area contributed by atoms with Gasteiger partial charge in [-0.05, 0) is 45.0 Å². The molecule has 2 aliphatic rings. The fourth-order valence-electron chi connectivity index (χ4n) is 3.30. The molecule has 0 saturated carbocycles. The Bertz CT molecular complexity index is 433. The Morgan fingerprint density at radius 3 is 3.06 bits per heavy atom. The Balaban J connectivity index is 1.81. The van der Waals surface area contributed by atoms with Crippen LogP contribution in [0.15, 0.2) is 18.2 Å². The van der Waals surface area contributed by atoms with E-state index >= 15 is 0 Å². The molecule has 1 aromatic rings. The monoisotopic (exact) mass is 247 g/mol. The van der Waals surface area contributed by atoms with Crippen molar-refractivity contribution in [3.05, 3.63) is 23.8 Å². The standard InChI is InChI=1S/C15H21NO2/c1-16-8-4-5-12(16)9-11-10-18-14-7-3-6-13(17-2)15(11)14/h3,6-7,11-12H,4-5,8-10H2,1-2H3/t11?,12-/m1/s1. The zero-order chi connectivity index (χ0) is 12.5. The summed E-state index contributed by atoms with van der Waals surface area (Å²) >= 11 is 0. The number of hydrogen-bond donors (Lipinski definition) is 0. The molecule has 18 heavy (non-hydrogen) atoms. The molecule has 3 rings (SSSR count). The molecule has 0 aliphatic carbocycles. The van der Waals surface area contributed by atoms with Gasteiger partial charge in [0.1, 0.15) is 11.5 Å². The Labute approximate surface area is 109 Å². The summed E-state index contributed by atoms with van der Waals surface area (Å²) in [5.41, 5.74) is 1.28. The van der Waals surface area contributed by atoms with E-state index in [4.69, 9.17) is 9.47 Å². The molecular weight excluding hydrogens is 226 g/mol. The van der Waals surface area contributed by atoms with Crippen molar-refractivity contribution in [2.75, 3.05) is 27.3 Å². The summed E-state index contributed by atoms with van der Waals surface area (Å²) in [5.74, 6) is 2.48. The maximum absolute atomic E-state index is 5.80. The topological polar surface area (TPSA) is 21.7 Å². The maximum atomic E-state index is 5.80. The summed E-state index contributed by atoms with van der Waals surface area (Å²) in [6.45, 7) is 2.04. The third-order valence-electron chi connectivity index (χ3n) is 4.32. The molecule has 0 N–H and O–H groups in total. The van der Waals surface area contributed by atoms with Crippen LogP contribution in [0.2, 0.25) is 0 Å². The van der Waals surface area contributed by atoms with Gasteiger partial charge in [0.15, 0.2) is 0 Å². The van der Waals surface area contributed by atoms with Crippen LogP contribution in [-0.2, 0) is 0 Å². The van der Waals surface area contributed by atoms with E-state index < -0.39 is 0 Å². The number of nitrogens with zero attached hydrogens (tertiary/aromatic N) is 1. The van der Waals surface area contributed by atoms with Crippen molar-refractivity contribution in [2.45, 2.75) is 31.2 Å². The van der Waals surface area contributed by atoms with E-state index in [1.165, 1.54) is 31.4 Å². The van der Waals surface area contributed by atoms with Crippen LogP contribution in [-0.4, -0.2) is 38.3 Å². The van der Waals surface area contributed by atoms with E-state index in [0.717, 1.165) is 18.1 Å². The van der Waals surface area contributed by atoms with Gasteiger partial charge in [-0.1, -0.05) is 6.07 Å². The molecule has 0 aromatic heterocycles. The number of benzene rings is 1. The number of ether oxygens (including phenoxy) is 2. The molecule has 1 aromatic carbocycles. The summed E-state index contributed by atoms with van der Waals surface area (Å²) in [6, 6.07) is 6.80. The second kappa shape index (κ2) is 4.81. The van der Waals surface area contributed by atoms with Crippen molar-refractivity contribution < 1.29 is 9.47 Å². The van der Waals surface area contributed by atoms with E-state index in [2.05, 4.69) is 18.0 Å². The second-order valence-electron chi connectivity index (χ2n) is 5.39. The maximum Gasteiger partial charge on any atom is 0.126 e. The molecule has 98 valence electrons. The zero-order valence-electron chi connectivity index (χ0n) is 11.2. The van der Waals surface area contributed by atoms with E-state index in [1.54, 1.807) is 7.11 Å². The van der Waals surface area contributed by atoms with Crippen molar-refractivity contribution >= 4 is 0 Å². The van der Waals surface area contributed by atoms with Gasteiger partial charge in [0, 0.05) is 17.5 Å². The van der Waals surface area contributed by atoms with E-state index in [0.29, 0.717) is 12.0 Å². The quantitative estimate of drug-likeness (QED) is 0.819. The average molecular weight is 247 g/mol. The van der Waals surface area contributed by atoms with Gasteiger partial charge in [-0.15, -0.1) is 0 Å². The molecule has 1 unspecified atom stereocenters. The fourth-order valence-corrected chi connectivity index (χ4v) is 3.30. The van der Waals surface area contributed by atoms with Crippen molar-refractivity contribution in [1.82, 2.24) is 4.90 Å². The third kappa shape index (κ3) is 1.97. The van der Waals surface area contributed by atoms with E-state index in [9.17, 15) is 0 Å². The molecule has 3 heteroatoms. The number of hydrogen-bond acceptors (Lipinski definition) is 3. The Hall–Kier alpha value is -1.22. The van der Waals surface area contributed by atoms with Gasteiger partial charge < -0.3 is 14.4 Å². The van der Waals surface area contributed by atoms with Crippen molar-refractivity contribution in [3.8, 4) is 11.5 Å². The van der Waals surface area contributed by atoms with Gasteiger partial charge in [-0.25, -0.2) is 0 Å². The minimum absolute atomic E-state index is 0.488. The van der Waals surface area contributed by atoms with E-state index in [-0.39, 0.29) is 0 Å². The SMILES string of the molecule is COc1cccc2c1C(C[C@H]1CCCN1C)CO2. The van der Waals surface area contributed by atoms with Crippen LogP contribution in [0.1, 0.15) is 30.7 Å². The third-order valence-corrected chi connectivity index (χ3v) is 4.32. The fraction of sp³-hybridized carbons (Fsp3) is 0.600. The highest BCUT2D eigenvalue weighted by Crippen LogP contribution is 2.43. The van der Waals surface area contributed by atoms with Crippen molar-refractivity contribution in [1.29, 1.82) is 0 Å². The Morgan fingerprint density at radius 2 is 2.33 bits per heavy atom. The van der Waals surface area contributed by atoms with Crippen molar-refractivity contribution in [2.24, 2.45) is 0 Å². The lowest BCUT2D eigenvalue weighted by atomic mass is 9.92. The minimum Gasteiger partial charge on any atom is -0.496 e. The van der Waals surface area contributed by atoms with Gasteiger partial charge in [0.25, 0.3) is 0 Å². The second-order valence-corrected chi connectivity index (χ2v) is 5.39. The van der Waals surface area contributed by atoms with Crippen LogP contribution in [0, 0.1) is 0 Å². The molecule has 2 heterocycles. The smallest absolute Gasteiger partial charge is 0.126 e. The highest BCUT2D eigenvalue weighted by atomic mass is 16.5. The highest BCUT2D eigenvalue weighted by Gasteiger charge is 2.32. The summed E-state index contributed by atoms with van der Waals surface area (Å²) < 4.78 is 11.3. The van der Waals surface area contributed by atoms with Gasteiger partial charge >= 0.3 is 0 Å². The molecular formula is C15H21NO2. The molecule has 2 atom stereocenters. The summed E-state index contributed by atoms with van der Waals surface area (Å²) in [6.07, 6.45) is 3.83. The lowest BCUT2D eigenvalue weighted by Gasteiger charge is -2.22. The van der Waals surface area contributed by atoms with E-state index in [1.807, 2.05) is 12.1 Å². The number of likely N-dealkylation sites (tertiary alicyclic amines) is 1. The summed E-state index contributed by atoms with van der Waals surface area (Å²) in [7, 11) is 3.98. The lowest BCUT2D eigenvalue weighted by molar-refractivity contribution is 0.256. The summed E-state index contributed by atoms with van der Waals surface area (Å²) in [4.78, 5) is 2.48. The van der Waals surface area contributed by atoms with Gasteiger partial charge in [0.05, 0.1) is 13.7 Å². The number of rotatable bonds is 3. The van der Waals surface area contributed by atoms with Gasteiger partial charge in [-0.3, -0.25) is 0 Å². The molecule has 1 fully saturated rings. The number of fused-ring (bicyclic) bond motifs is 1. The first-order valence-electron chi connectivity index (χ1n) is 6.79. The summed E-state index contributed by atoms with van der Waals surface area (Å²) in [5, 5.41) is 0. The molecule has 0 spiro atoms. The van der Waals surface area contributed by atoms with Crippen LogP contribution in [0.4, 0.5) is 0 Å². The molecule has 0 amide bonds. The lowest BCUT2D eigenvalue weighted by Crippen LogP contribution is -2.27. The predicted molar refractivity (Wildman–Crippen MR) is 71.5 cm³/mol. The first-order valence-corrected chi connectivity index (χ1v) is 6.79. The largest absolute Gasteiger partial charge is 0.496 e. The zero-order valence-corrected chi connectivity index (χ0v) is 11.2. The van der Waals surface area contributed by atoms with Crippen LogP contribution in [0.25, 0.3) is 0 Å².